The molecule has 0 aliphatic heterocycles. The fourth-order valence-electron chi connectivity index (χ4n) is 0.237. The minimum atomic E-state index is 0.340. The average Bonchev–Trinajstić information content (AvgIpc) is 1.89. The number of nitrogens with zero attached hydrogens (tertiary/aromatic N) is 1. The predicted octanol–water partition coefficient (Wildman–Crippen LogP) is -0.0292. The Morgan fingerprint density at radius 1 is 1.78 bits per heavy atom. The lowest BCUT2D eigenvalue weighted by Crippen LogP contribution is -1.99. The first-order valence-electron chi connectivity index (χ1n) is 2.65. The standard InChI is InChI=1S/C6H10N2O/c1-2-3-6-9-8-5-4-7/h5H,4,6-7H2,1H3. The van der Waals surface area contributed by atoms with E-state index < -0.39 is 0 Å². The van der Waals surface area contributed by atoms with Gasteiger partial charge in [-0.25, -0.2) is 0 Å². The molecule has 3 heteroatoms. The van der Waals surface area contributed by atoms with Crippen molar-refractivity contribution in [3.05, 3.63) is 0 Å². The van der Waals surface area contributed by atoms with Crippen molar-refractivity contribution < 1.29 is 4.84 Å². The molecule has 9 heavy (non-hydrogen) atoms. The van der Waals surface area contributed by atoms with Crippen LogP contribution in [0.1, 0.15) is 6.92 Å². The Balaban J connectivity index is 3.06. The van der Waals surface area contributed by atoms with Gasteiger partial charge in [0, 0.05) is 6.54 Å². The van der Waals surface area contributed by atoms with Gasteiger partial charge in [-0.1, -0.05) is 11.1 Å². The molecule has 0 rings (SSSR count). The minimum Gasteiger partial charge on any atom is -0.383 e. The molecule has 50 valence electrons. The minimum absolute atomic E-state index is 0.340. The van der Waals surface area contributed by atoms with E-state index in [0.29, 0.717) is 13.2 Å². The van der Waals surface area contributed by atoms with Crippen molar-refractivity contribution in [3.8, 4) is 11.8 Å². The van der Waals surface area contributed by atoms with Crippen LogP contribution in [0.4, 0.5) is 0 Å². The van der Waals surface area contributed by atoms with Crippen molar-refractivity contribution in [2.24, 2.45) is 10.9 Å². The van der Waals surface area contributed by atoms with E-state index in [-0.39, 0.29) is 0 Å². The third kappa shape index (κ3) is 6.99. The van der Waals surface area contributed by atoms with Crippen LogP contribution in [0.15, 0.2) is 5.16 Å². The lowest BCUT2D eigenvalue weighted by atomic mass is 10.6. The van der Waals surface area contributed by atoms with E-state index in [1.165, 1.54) is 6.21 Å². The summed E-state index contributed by atoms with van der Waals surface area (Å²) in [6.45, 7) is 2.49. The number of nitrogens with two attached hydrogens (primary N) is 1. The van der Waals surface area contributed by atoms with Gasteiger partial charge in [0.2, 0.25) is 0 Å². The molecule has 0 aromatic carbocycles. The number of rotatable bonds is 3. The Morgan fingerprint density at radius 2 is 2.56 bits per heavy atom. The fraction of sp³-hybridized carbons (Fsp3) is 0.500. The summed E-state index contributed by atoms with van der Waals surface area (Å²) in [5.41, 5.74) is 5.08. The van der Waals surface area contributed by atoms with E-state index in [2.05, 4.69) is 21.8 Å². The zero-order valence-corrected chi connectivity index (χ0v) is 5.42. The number of oxime groups is 1. The molecule has 3 nitrogen and oxygen atoms in total. The Kier molecular flexibility index (Phi) is 6.21. The average molecular weight is 126 g/mol. The highest BCUT2D eigenvalue weighted by Gasteiger charge is 1.70. The van der Waals surface area contributed by atoms with E-state index in [4.69, 9.17) is 5.73 Å². The van der Waals surface area contributed by atoms with Crippen molar-refractivity contribution in [2.45, 2.75) is 6.92 Å². The Hall–Kier alpha value is -1.01. The van der Waals surface area contributed by atoms with Gasteiger partial charge in [-0.15, -0.1) is 5.92 Å². The smallest absolute Gasteiger partial charge is 0.177 e. The summed E-state index contributed by atoms with van der Waals surface area (Å²) in [5.74, 6) is 5.34. The lowest BCUT2D eigenvalue weighted by Gasteiger charge is -1.86. The van der Waals surface area contributed by atoms with Crippen LogP contribution in [0.5, 0.6) is 0 Å². The van der Waals surface area contributed by atoms with Gasteiger partial charge < -0.3 is 10.6 Å². The van der Waals surface area contributed by atoms with E-state index in [0.717, 1.165) is 0 Å². The molecule has 0 fully saturated rings. The molecule has 0 amide bonds. The normalized spacial score (nSPS) is 8.67. The van der Waals surface area contributed by atoms with E-state index in [1.807, 2.05) is 0 Å². The van der Waals surface area contributed by atoms with Crippen LogP contribution in [0, 0.1) is 11.8 Å². The van der Waals surface area contributed by atoms with Gasteiger partial charge in [0.25, 0.3) is 0 Å². The molecule has 0 aromatic rings. The van der Waals surface area contributed by atoms with Crippen LogP contribution in [-0.2, 0) is 4.84 Å². The topological polar surface area (TPSA) is 47.6 Å². The Morgan fingerprint density at radius 3 is 3.11 bits per heavy atom. The molecule has 0 heterocycles. The van der Waals surface area contributed by atoms with Crippen molar-refractivity contribution in [2.75, 3.05) is 13.2 Å². The molecular weight excluding hydrogens is 116 g/mol. The van der Waals surface area contributed by atoms with E-state index >= 15 is 0 Å². The van der Waals surface area contributed by atoms with Crippen molar-refractivity contribution in [1.29, 1.82) is 0 Å². The third-order valence-electron chi connectivity index (χ3n) is 0.568. The largest absolute Gasteiger partial charge is 0.383 e. The highest BCUT2D eigenvalue weighted by atomic mass is 16.6. The number of hydrogen-bond acceptors (Lipinski definition) is 3. The molecule has 0 aliphatic rings. The fourth-order valence-corrected chi connectivity index (χ4v) is 0.237. The zero-order valence-electron chi connectivity index (χ0n) is 5.42. The molecule has 0 aromatic heterocycles. The molecule has 2 N–H and O–H groups in total. The molecule has 0 atom stereocenters. The van der Waals surface area contributed by atoms with Crippen LogP contribution in [0.25, 0.3) is 0 Å². The van der Waals surface area contributed by atoms with Gasteiger partial charge in [-0.3, -0.25) is 0 Å². The summed E-state index contributed by atoms with van der Waals surface area (Å²) in [6, 6.07) is 0. The summed E-state index contributed by atoms with van der Waals surface area (Å²) in [5, 5.41) is 3.47. The highest BCUT2D eigenvalue weighted by Crippen LogP contribution is 1.69. The van der Waals surface area contributed by atoms with Gasteiger partial charge >= 0.3 is 0 Å². The molecular formula is C6H10N2O. The summed E-state index contributed by atoms with van der Waals surface area (Å²) < 4.78 is 0. The first-order valence-corrected chi connectivity index (χ1v) is 2.65. The molecule has 0 bridgehead atoms. The van der Waals surface area contributed by atoms with Crippen molar-refractivity contribution in [1.82, 2.24) is 0 Å². The predicted molar refractivity (Wildman–Crippen MR) is 36.9 cm³/mol. The third-order valence-corrected chi connectivity index (χ3v) is 0.568. The summed E-state index contributed by atoms with van der Waals surface area (Å²) >= 11 is 0. The molecule has 0 saturated heterocycles. The molecule has 0 unspecified atom stereocenters. The number of hydrogen-bond donors (Lipinski definition) is 1. The van der Waals surface area contributed by atoms with Crippen molar-refractivity contribution >= 4 is 6.21 Å². The molecule has 0 spiro atoms. The van der Waals surface area contributed by atoms with E-state index in [9.17, 15) is 0 Å². The summed E-state index contributed by atoms with van der Waals surface area (Å²) in [6.07, 6.45) is 1.48. The van der Waals surface area contributed by atoms with Crippen LogP contribution in [-0.4, -0.2) is 19.4 Å². The summed E-state index contributed by atoms with van der Waals surface area (Å²) in [4.78, 5) is 4.63. The quantitative estimate of drug-likeness (QED) is 0.250. The van der Waals surface area contributed by atoms with Gasteiger partial charge in [0.1, 0.15) is 0 Å². The molecule has 0 saturated carbocycles. The SMILES string of the molecule is CC#CCON=CCN. The second-order valence-electron chi connectivity index (χ2n) is 1.22. The van der Waals surface area contributed by atoms with Crippen LogP contribution >= 0.6 is 0 Å². The first-order chi connectivity index (χ1) is 4.41. The Bertz CT molecular complexity index is 132. The van der Waals surface area contributed by atoms with Crippen LogP contribution < -0.4 is 5.73 Å². The first kappa shape index (κ1) is 7.99. The van der Waals surface area contributed by atoms with Gasteiger partial charge in [-0.05, 0) is 6.92 Å². The second-order valence-corrected chi connectivity index (χ2v) is 1.22. The molecule has 0 radical (unpaired) electrons. The second kappa shape index (κ2) is 6.99. The molecule has 0 aliphatic carbocycles. The summed E-state index contributed by atoms with van der Waals surface area (Å²) in [7, 11) is 0. The lowest BCUT2D eigenvalue weighted by molar-refractivity contribution is 0.181. The zero-order chi connectivity index (χ0) is 6.95. The highest BCUT2D eigenvalue weighted by molar-refractivity contribution is 5.58. The van der Waals surface area contributed by atoms with Gasteiger partial charge in [0.15, 0.2) is 6.61 Å². The van der Waals surface area contributed by atoms with Crippen molar-refractivity contribution in [3.63, 3.8) is 0 Å². The maximum absolute atomic E-state index is 5.08. The van der Waals surface area contributed by atoms with Gasteiger partial charge in [-0.2, -0.15) is 0 Å². The maximum atomic E-state index is 5.08. The van der Waals surface area contributed by atoms with Gasteiger partial charge in [0.05, 0.1) is 6.21 Å². The Labute approximate surface area is 54.9 Å². The maximum Gasteiger partial charge on any atom is 0.177 e. The van der Waals surface area contributed by atoms with Crippen LogP contribution in [0.3, 0.4) is 0 Å². The van der Waals surface area contributed by atoms with Crippen LogP contribution in [0.2, 0.25) is 0 Å². The monoisotopic (exact) mass is 126 g/mol. The van der Waals surface area contributed by atoms with E-state index in [1.54, 1.807) is 6.92 Å².